The lowest BCUT2D eigenvalue weighted by atomic mass is 9.96. The van der Waals surface area contributed by atoms with Gasteiger partial charge in [-0.1, -0.05) is 76.2 Å². The van der Waals surface area contributed by atoms with Crippen LogP contribution in [0, 0.1) is 0 Å². The monoisotopic (exact) mass is 536 g/mol. The molecule has 0 aliphatic rings. The van der Waals surface area contributed by atoms with E-state index in [1.807, 2.05) is 86.6 Å². The number of para-hydroxylation sites is 2. The second kappa shape index (κ2) is 13.5. The van der Waals surface area contributed by atoms with Crippen molar-refractivity contribution >= 4 is 34.7 Å². The van der Waals surface area contributed by atoms with Crippen LogP contribution in [0.3, 0.4) is 0 Å². The Labute approximate surface area is 236 Å². The molecule has 40 heavy (non-hydrogen) atoms. The van der Waals surface area contributed by atoms with E-state index in [-0.39, 0.29) is 0 Å². The number of aryl methyl sites for hydroxylation is 2. The van der Waals surface area contributed by atoms with Gasteiger partial charge in [-0.15, -0.1) is 0 Å². The van der Waals surface area contributed by atoms with E-state index in [9.17, 15) is 9.59 Å². The molecular weight excluding hydrogens is 500 g/mol. The van der Waals surface area contributed by atoms with Crippen molar-refractivity contribution in [1.29, 1.82) is 0 Å². The molecule has 0 amide bonds. The Morgan fingerprint density at radius 1 is 0.525 bits per heavy atom. The van der Waals surface area contributed by atoms with E-state index in [0.29, 0.717) is 22.5 Å². The zero-order valence-electron chi connectivity index (χ0n) is 23.5. The van der Waals surface area contributed by atoms with Crippen LogP contribution >= 0.6 is 0 Å². The summed E-state index contributed by atoms with van der Waals surface area (Å²) in [5, 5.41) is 6.76. The quantitative estimate of drug-likeness (QED) is 0.157. The summed E-state index contributed by atoms with van der Waals surface area (Å²) in [6.45, 7) is 8.25. The first-order valence-electron chi connectivity index (χ1n) is 13.9. The maximum atomic E-state index is 13.3. The number of carbonyl (C=O) groups excluding carboxylic acids is 2. The van der Waals surface area contributed by atoms with Gasteiger partial charge < -0.3 is 10.6 Å². The van der Waals surface area contributed by atoms with Gasteiger partial charge >= 0.3 is 11.9 Å². The fraction of sp³-hybridized carbons (Fsp3) is 0.235. The lowest BCUT2D eigenvalue weighted by Crippen LogP contribution is -2.16. The third-order valence-corrected chi connectivity index (χ3v) is 7.01. The van der Waals surface area contributed by atoms with Gasteiger partial charge in [-0.05, 0) is 84.3 Å². The molecule has 0 aliphatic heterocycles. The molecule has 0 aromatic heterocycles. The predicted octanol–water partition coefficient (Wildman–Crippen LogP) is 8.35. The number of anilines is 4. The van der Waals surface area contributed by atoms with Crippen LogP contribution < -0.4 is 10.6 Å². The summed E-state index contributed by atoms with van der Waals surface area (Å²) < 4.78 is 0. The molecule has 0 saturated carbocycles. The first kappa shape index (κ1) is 28.4. The second-order valence-electron chi connectivity index (χ2n) is 9.39. The predicted molar refractivity (Wildman–Crippen MR) is 161 cm³/mol. The Morgan fingerprint density at radius 3 is 1.23 bits per heavy atom. The van der Waals surface area contributed by atoms with Crippen LogP contribution in [-0.4, -0.2) is 11.9 Å². The molecule has 0 radical (unpaired) electrons. The lowest BCUT2D eigenvalue weighted by Gasteiger charge is -2.19. The van der Waals surface area contributed by atoms with Crippen LogP contribution in [0.1, 0.15) is 70.7 Å². The van der Waals surface area contributed by atoms with Gasteiger partial charge in [0.25, 0.3) is 0 Å². The number of nitrogens with one attached hydrogen (secondary N) is 2. The molecule has 4 aromatic carbocycles. The van der Waals surface area contributed by atoms with Crippen molar-refractivity contribution in [1.82, 2.24) is 0 Å². The number of benzene rings is 4. The molecule has 0 bridgehead atoms. The van der Waals surface area contributed by atoms with Crippen molar-refractivity contribution in [2.45, 2.75) is 53.4 Å². The Morgan fingerprint density at radius 2 is 0.900 bits per heavy atom. The van der Waals surface area contributed by atoms with E-state index in [1.54, 1.807) is 12.1 Å². The molecule has 4 rings (SSSR count). The highest BCUT2D eigenvalue weighted by molar-refractivity contribution is 6.00. The molecule has 0 saturated heterocycles. The molecule has 4 aromatic rings. The highest BCUT2D eigenvalue weighted by Gasteiger charge is 2.24. The summed E-state index contributed by atoms with van der Waals surface area (Å²) in [6.07, 6.45) is 3.08. The Balaban J connectivity index is 1.62. The molecule has 0 atom stereocenters. The van der Waals surface area contributed by atoms with E-state index in [1.165, 1.54) is 0 Å². The Bertz CT molecular complexity index is 1350. The maximum Gasteiger partial charge on any atom is 0.388 e. The van der Waals surface area contributed by atoms with E-state index < -0.39 is 11.9 Å². The number of hydrogen-bond donors (Lipinski definition) is 2. The minimum absolute atomic E-state index is 0.295. The number of rotatable bonds is 10. The fourth-order valence-corrected chi connectivity index (χ4v) is 4.97. The average Bonchev–Trinajstić information content (AvgIpc) is 3.00. The highest BCUT2D eigenvalue weighted by Crippen LogP contribution is 2.32. The first-order valence-corrected chi connectivity index (χ1v) is 13.9. The summed E-state index contributed by atoms with van der Waals surface area (Å²) in [4.78, 5) is 37.0. The smallest absolute Gasteiger partial charge is 0.355 e. The normalized spacial score (nSPS) is 10.6. The Kier molecular flexibility index (Phi) is 9.57. The topological polar surface area (TPSA) is 76.7 Å². The highest BCUT2D eigenvalue weighted by atomic mass is 17.2. The Hall–Kier alpha value is -4.58. The van der Waals surface area contributed by atoms with Crippen LogP contribution in [-0.2, 0) is 35.5 Å². The van der Waals surface area contributed by atoms with E-state index >= 15 is 0 Å². The summed E-state index contributed by atoms with van der Waals surface area (Å²) in [5.41, 5.74) is 7.89. The van der Waals surface area contributed by atoms with Crippen LogP contribution in [0.5, 0.6) is 0 Å². The molecule has 6 heteroatoms. The number of hydrogen-bond acceptors (Lipinski definition) is 6. The summed E-state index contributed by atoms with van der Waals surface area (Å²) in [7, 11) is 0. The average molecular weight is 537 g/mol. The van der Waals surface area contributed by atoms with Gasteiger partial charge in [0, 0.05) is 11.4 Å². The minimum Gasteiger partial charge on any atom is -0.355 e. The largest absolute Gasteiger partial charge is 0.388 e. The van der Waals surface area contributed by atoms with Crippen LogP contribution in [0.4, 0.5) is 22.7 Å². The first-order chi connectivity index (χ1) is 19.5. The van der Waals surface area contributed by atoms with Crippen molar-refractivity contribution in [3.05, 3.63) is 118 Å². The van der Waals surface area contributed by atoms with E-state index in [2.05, 4.69) is 24.5 Å². The van der Waals surface area contributed by atoms with Gasteiger partial charge in [0.05, 0.1) is 22.5 Å². The van der Waals surface area contributed by atoms with Gasteiger partial charge in [-0.25, -0.2) is 19.4 Å². The molecule has 2 N–H and O–H groups in total. The zero-order chi connectivity index (χ0) is 28.5. The SMILES string of the molecule is CCc1ccc(C(=O)OOC(=O)c2ccc(CC)c(CC)c2Nc2ccccc2)c(Nc2ccccc2)c1CC. The molecular formula is C34H36N2O4. The van der Waals surface area contributed by atoms with Gasteiger partial charge in [-0.3, -0.25) is 0 Å². The van der Waals surface area contributed by atoms with Gasteiger partial charge in [-0.2, -0.15) is 0 Å². The van der Waals surface area contributed by atoms with Crippen LogP contribution in [0.15, 0.2) is 84.9 Å². The third kappa shape index (κ3) is 6.34. The molecule has 206 valence electrons. The molecule has 6 nitrogen and oxygen atoms in total. The van der Waals surface area contributed by atoms with Gasteiger partial charge in [0.1, 0.15) is 0 Å². The van der Waals surface area contributed by atoms with Crippen LogP contribution in [0.25, 0.3) is 0 Å². The van der Waals surface area contributed by atoms with Crippen molar-refractivity contribution in [2.24, 2.45) is 0 Å². The zero-order valence-corrected chi connectivity index (χ0v) is 23.5. The van der Waals surface area contributed by atoms with Crippen molar-refractivity contribution < 1.29 is 19.4 Å². The van der Waals surface area contributed by atoms with Crippen molar-refractivity contribution in [3.8, 4) is 0 Å². The van der Waals surface area contributed by atoms with Crippen LogP contribution in [0.2, 0.25) is 0 Å². The second-order valence-corrected chi connectivity index (χ2v) is 9.39. The molecule has 0 heterocycles. The fourth-order valence-electron chi connectivity index (χ4n) is 4.97. The summed E-state index contributed by atoms with van der Waals surface area (Å²) >= 11 is 0. The van der Waals surface area contributed by atoms with Crippen molar-refractivity contribution in [2.75, 3.05) is 10.6 Å². The minimum atomic E-state index is -0.748. The molecule has 0 unspecified atom stereocenters. The van der Waals surface area contributed by atoms with E-state index in [0.717, 1.165) is 59.3 Å². The number of carbonyl (C=O) groups is 2. The summed E-state index contributed by atoms with van der Waals surface area (Å²) in [6, 6.07) is 26.6. The van der Waals surface area contributed by atoms with Gasteiger partial charge in [0.15, 0.2) is 0 Å². The standard InChI is InChI=1S/C34H36N2O4/c1-5-23-19-21-29(31(27(23)7-3)35-25-15-11-9-12-16-25)33(37)39-40-34(38)30-22-20-24(6-2)28(8-4)32(30)36-26-17-13-10-14-18-26/h9-22,35-36H,5-8H2,1-4H3. The lowest BCUT2D eigenvalue weighted by molar-refractivity contribution is -0.187. The molecule has 0 fully saturated rings. The third-order valence-electron chi connectivity index (χ3n) is 7.01. The summed E-state index contributed by atoms with van der Waals surface area (Å²) in [5.74, 6) is -1.50. The molecule has 0 spiro atoms. The molecule has 0 aliphatic carbocycles. The van der Waals surface area contributed by atoms with Gasteiger partial charge in [0.2, 0.25) is 0 Å². The maximum absolute atomic E-state index is 13.3. The van der Waals surface area contributed by atoms with E-state index in [4.69, 9.17) is 9.78 Å². The van der Waals surface area contributed by atoms with Crippen molar-refractivity contribution in [3.63, 3.8) is 0 Å².